The quantitative estimate of drug-likeness (QED) is 0.00620. The van der Waals surface area contributed by atoms with Crippen LogP contribution < -0.4 is 159 Å². The molecule has 0 saturated heterocycles. The number of anilines is 8. The number of nitro groups is 2. The van der Waals surface area contributed by atoms with Crippen LogP contribution in [0.5, 0.6) is 0 Å². The van der Waals surface area contributed by atoms with Crippen LogP contribution in [0.4, 0.5) is 50.3 Å². The monoisotopic (exact) mass is 1770 g/mol. The molecule has 0 aliphatic carbocycles. The molecule has 0 fully saturated rings. The van der Waals surface area contributed by atoms with E-state index >= 15 is 0 Å². The number of benzene rings is 8. The number of nitrogens with one attached hydrogen (secondary N) is 4. The molecule has 2 atom stereocenters. The Hall–Kier alpha value is -12.3. The molecule has 1 amide bonds. The number of ether oxygens (including phenoxy) is 1. The summed E-state index contributed by atoms with van der Waals surface area (Å²) in [5, 5.41) is 52.3. The predicted molar refractivity (Wildman–Crippen MR) is 508 cm³/mol. The van der Waals surface area contributed by atoms with Crippen LogP contribution in [-0.4, -0.2) is 145 Å². The first-order valence-corrected chi connectivity index (χ1v) is 38.9. The minimum absolute atomic E-state index is 0. The van der Waals surface area contributed by atoms with Crippen LogP contribution in [0.25, 0.3) is 0 Å². The van der Waals surface area contributed by atoms with Crippen molar-refractivity contribution in [2.75, 3.05) is 98.2 Å². The molecule has 8 aromatic carbocycles. The van der Waals surface area contributed by atoms with E-state index in [9.17, 15) is 39.4 Å². The Bertz CT molecular complexity index is 4080. The molecule has 0 aromatic heterocycles. The third-order valence-corrected chi connectivity index (χ3v) is 14.0. The number of nitrogens with two attached hydrogens (primary N) is 18. The van der Waals surface area contributed by atoms with Crippen LogP contribution in [-0.2, 0) is 62.8 Å². The third kappa shape index (κ3) is 89.4. The zero-order valence-corrected chi connectivity index (χ0v) is 76.2. The zero-order chi connectivity index (χ0) is 94.4. The summed E-state index contributed by atoms with van der Waals surface area (Å²) in [7, 11) is 1.06. The van der Waals surface area contributed by atoms with Gasteiger partial charge in [-0.05, 0) is 238 Å². The van der Waals surface area contributed by atoms with Crippen molar-refractivity contribution in [1.82, 2.24) is 21.3 Å². The number of rotatable bonds is 26. The van der Waals surface area contributed by atoms with E-state index < -0.39 is 39.7 Å². The molecular weight excluding hydrogens is 1630 g/mol. The number of carbonyl (C=O) groups is 5. The van der Waals surface area contributed by atoms with Crippen molar-refractivity contribution in [3.05, 3.63) is 260 Å². The number of hydrogen-bond donors (Lipinski definition) is 23. The Balaban J connectivity index is -0.000000204. The van der Waals surface area contributed by atoms with Gasteiger partial charge in [0.1, 0.15) is 21.8 Å². The van der Waals surface area contributed by atoms with E-state index in [-0.39, 0.29) is 82.8 Å². The van der Waals surface area contributed by atoms with Gasteiger partial charge in [-0.1, -0.05) is 135 Å². The molecule has 0 spiro atoms. The number of likely N-dealkylation sites (N-methyl/N-ethyl adjacent to an activating group) is 1. The predicted octanol–water partition coefficient (Wildman–Crippen LogP) is -0.471. The summed E-state index contributed by atoms with van der Waals surface area (Å²) in [6.45, 7) is 19.4. The van der Waals surface area contributed by atoms with Crippen LogP contribution >= 0.6 is 0 Å². The van der Waals surface area contributed by atoms with Gasteiger partial charge in [0.15, 0.2) is 10.1 Å². The summed E-state index contributed by atoms with van der Waals surface area (Å²) in [6, 6.07) is 64.1. The number of carboxylic acids is 2. The molecule has 0 heterocycles. The van der Waals surface area contributed by atoms with Gasteiger partial charge in [-0.2, -0.15) is 0 Å². The number of aliphatic carboxylic acids is 2. The van der Waals surface area contributed by atoms with E-state index in [1.807, 2.05) is 220 Å². The van der Waals surface area contributed by atoms with Gasteiger partial charge < -0.3 is 165 Å². The molecule has 126 heavy (non-hydrogen) atoms. The molecule has 0 aliphatic rings. The number of carboxylic acid groups (broad SMARTS) is 2. The average molecular weight is 1770 g/mol. The van der Waals surface area contributed by atoms with E-state index in [1.54, 1.807) is 20.8 Å². The summed E-state index contributed by atoms with van der Waals surface area (Å²) in [6.07, 6.45) is 3.88. The van der Waals surface area contributed by atoms with Gasteiger partial charge in [-0.3, -0.25) is 0 Å². The van der Waals surface area contributed by atoms with Crippen molar-refractivity contribution in [2.45, 2.75) is 138 Å². The SMILES string of the molecule is CC(=O)[B]C(C)=O.CC(=O)[O-].CC(C)(C)OC(=O)N[C@@H](CCCN/C(N)=N/[N+](=O)[O-])C(=O)O.CCN.CCNC[C@@H](N)CCCN/C(N)=N/[N+](=O)[O-].NCCc1ccc(N)cc1.NCCc1cccc(N)c1.NCCc1ccccc1N.NCc1ccc(N)cc1.NCc1cccc(N)c1.NCc1ccccc1N.Nc1ccccc1.Nc1ccccc1.O.O.[Na+]. The van der Waals surface area contributed by atoms with E-state index in [2.05, 4.69) is 31.5 Å². The number of hydrazone groups is 2. The molecule has 1 radical (unpaired) electrons. The summed E-state index contributed by atoms with van der Waals surface area (Å²) in [5.74, 6) is -2.85. The number of hydrogen-bond acceptors (Lipinski definition) is 28. The zero-order valence-electron chi connectivity index (χ0n) is 74.2. The molecule has 45 N–H and O–H groups in total. The average Bonchev–Trinajstić information content (AvgIpc) is 0.912. The number of amides is 1. The fourth-order valence-corrected chi connectivity index (χ4v) is 8.46. The first-order chi connectivity index (χ1) is 58.1. The first kappa shape index (κ1) is 129. The van der Waals surface area contributed by atoms with Crippen molar-refractivity contribution < 1.29 is 89.5 Å². The van der Waals surface area contributed by atoms with E-state index in [1.165, 1.54) is 25.0 Å². The molecule has 40 nitrogen and oxygen atoms in total. The summed E-state index contributed by atoms with van der Waals surface area (Å²) < 4.78 is 4.96. The number of alkyl carbamates (subject to hydrolysis) is 1. The second kappa shape index (κ2) is 84.9. The third-order valence-electron chi connectivity index (χ3n) is 14.0. The smallest absolute Gasteiger partial charge is 0.550 e. The van der Waals surface area contributed by atoms with Gasteiger partial charge >= 0.3 is 41.6 Å². The van der Waals surface area contributed by atoms with Crippen molar-refractivity contribution in [1.29, 1.82) is 0 Å². The number of guanidine groups is 2. The van der Waals surface area contributed by atoms with E-state index in [0.29, 0.717) is 52.2 Å². The van der Waals surface area contributed by atoms with Crippen molar-refractivity contribution in [2.24, 2.45) is 67.5 Å². The fourth-order valence-electron chi connectivity index (χ4n) is 8.46. The van der Waals surface area contributed by atoms with Crippen LogP contribution in [0, 0.1) is 20.2 Å². The number of nitrogen functional groups attached to an aromatic ring is 8. The molecule has 0 bridgehead atoms. The maximum absolute atomic E-state index is 11.5. The van der Waals surface area contributed by atoms with Crippen LogP contribution in [0.1, 0.15) is 114 Å². The second-order valence-corrected chi connectivity index (χ2v) is 26.4. The molecule has 8 aromatic rings. The largest absolute Gasteiger partial charge is 1.00 e. The van der Waals surface area contributed by atoms with Crippen molar-refractivity contribution in [3.63, 3.8) is 0 Å². The van der Waals surface area contributed by atoms with Gasteiger partial charge in [0.05, 0.1) is 11.4 Å². The topological polar surface area (TPSA) is 828 Å². The van der Waals surface area contributed by atoms with Crippen LogP contribution in [0.2, 0.25) is 0 Å². The molecule has 0 unspecified atom stereocenters. The number of para-hydroxylation sites is 4. The minimum Gasteiger partial charge on any atom is -0.550 e. The van der Waals surface area contributed by atoms with Gasteiger partial charge in [0.25, 0.3) is 19.2 Å². The van der Waals surface area contributed by atoms with Crippen molar-refractivity contribution in [3.8, 4) is 0 Å². The van der Waals surface area contributed by atoms with Crippen LogP contribution in [0.3, 0.4) is 0 Å². The Kier molecular flexibility index (Phi) is 87.0. The Labute approximate surface area is 763 Å². The molecule has 695 valence electrons. The van der Waals surface area contributed by atoms with E-state index in [0.717, 1.165) is 134 Å². The number of nitrogens with zero attached hydrogens (tertiary/aromatic N) is 4. The van der Waals surface area contributed by atoms with Gasteiger partial charge in [0.2, 0.25) is 0 Å². The maximum atomic E-state index is 11.5. The summed E-state index contributed by atoms with van der Waals surface area (Å²) >= 11 is 0. The van der Waals surface area contributed by atoms with Gasteiger partial charge in [-0.25, -0.2) is 29.8 Å². The normalized spacial score (nSPS) is 10.1. The van der Waals surface area contributed by atoms with E-state index in [4.69, 9.17) is 123 Å². The number of carbonyl (C=O) groups excluding carboxylic acids is 4. The summed E-state index contributed by atoms with van der Waals surface area (Å²) in [4.78, 5) is 71.4. The molecule has 8 rings (SSSR count). The fraction of sp³-hybridized carbons (Fsp3) is 0.345. The summed E-state index contributed by atoms with van der Waals surface area (Å²) in [5.41, 5.74) is 109. The molecule has 42 heteroatoms. The molecule has 0 saturated carbocycles. The Morgan fingerprint density at radius 1 is 0.484 bits per heavy atom. The molecule has 0 aliphatic heterocycles. The first-order valence-electron chi connectivity index (χ1n) is 38.9. The van der Waals surface area contributed by atoms with Crippen LogP contribution in [0.15, 0.2) is 216 Å². The van der Waals surface area contributed by atoms with Gasteiger partial charge in [-0.15, -0.1) is 0 Å². The Morgan fingerprint density at radius 2 is 0.833 bits per heavy atom. The standard InChI is InChI=1S/C11H21N5O6.C8H20N6O2.3C8H12N2.3C7H10N2.2C6H7N.C4H6BO2.C2H7N.C2H4O2.Na.2H2O/c1-11(2,3)22-10(19)14-7(8(17)18)5-4-6-13-9(12)15-16(20)21;1-2-11-6-7(9)4-3-5-12-8(10)13-14(15)16;9-6-5-7-1-3-8(10)4-2-7;9-5-4-7-2-1-3-8(10)6-7;9-6-5-7-3-1-2-4-8(7)10;8-5-6-1-3-7(9)4-2-6;8-5-6-2-1-3-7(9)4-6;8-5-6-3-1-2-4-7(6)9;2*7-6-4-2-1-3-5-6;1-3(6)5-4(2)7;1-2-3;1-2(3)4;;;/h7H,4-6H2,1-3H3,(H,14,19)(H,17,18)(H3,12,13,15);7,11H,2-6,9H2,1H3,(H3,10,12,13);1-4H,5-6,9-10H2;1-3,6H,4-5,9-10H2;1-4H,5-6,9-10H2;3*1-4H,5,8-9H2;2*1-5H,7H2;1-2H3;2-3H2,1H3;1H3,(H,3,4);;2*1H2/q;;;;;;;;;;;;;+1;;/p-1/t2*7-;;;;;;;;;;;;;;/m00............../s1. The minimum atomic E-state index is -1.21. The van der Waals surface area contributed by atoms with Gasteiger partial charge in [0, 0.05) is 96.8 Å². The van der Waals surface area contributed by atoms with Crippen molar-refractivity contribution >= 4 is 94.1 Å². The Morgan fingerprint density at radius 3 is 1.14 bits per heavy atom. The maximum Gasteiger partial charge on any atom is 1.00 e. The second-order valence-electron chi connectivity index (χ2n) is 26.4. The molecular formula is C84H141BN26NaO14.